The maximum absolute atomic E-state index is 10.9. The Hall–Kier alpha value is -1.91. The van der Waals surface area contributed by atoms with Gasteiger partial charge in [0.15, 0.2) is 11.5 Å². The van der Waals surface area contributed by atoms with E-state index in [0.717, 1.165) is 0 Å². The van der Waals surface area contributed by atoms with Crippen LogP contribution >= 0.6 is 0 Å². The highest BCUT2D eigenvalue weighted by Gasteiger charge is 2.24. The average molecular weight is 224 g/mol. The molecule has 1 heterocycles. The van der Waals surface area contributed by atoms with Crippen LogP contribution in [0.4, 0.5) is 0 Å². The van der Waals surface area contributed by atoms with Crippen molar-refractivity contribution in [3.8, 4) is 17.2 Å². The molecule has 2 N–H and O–H groups in total. The molecule has 1 atom stereocenters. The van der Waals surface area contributed by atoms with E-state index in [0.29, 0.717) is 30.3 Å². The fourth-order valence-corrected chi connectivity index (χ4v) is 1.62. The number of carboxylic acid groups (broad SMARTS) is 1. The van der Waals surface area contributed by atoms with E-state index in [9.17, 15) is 9.90 Å². The lowest BCUT2D eigenvalue weighted by atomic mass is 9.99. The molecular weight excluding hydrogens is 212 g/mol. The number of carboxylic acids is 1. The zero-order valence-corrected chi connectivity index (χ0v) is 8.77. The van der Waals surface area contributed by atoms with Crippen molar-refractivity contribution < 1.29 is 24.5 Å². The van der Waals surface area contributed by atoms with E-state index in [2.05, 4.69) is 0 Å². The van der Waals surface area contributed by atoms with Gasteiger partial charge in [0.25, 0.3) is 0 Å². The maximum Gasteiger partial charge on any atom is 0.310 e. The van der Waals surface area contributed by atoms with Gasteiger partial charge in [-0.2, -0.15) is 0 Å². The third-order valence-electron chi connectivity index (χ3n) is 2.49. The van der Waals surface area contributed by atoms with Gasteiger partial charge in [-0.15, -0.1) is 0 Å². The second-order valence-electron chi connectivity index (χ2n) is 3.62. The van der Waals surface area contributed by atoms with Gasteiger partial charge in [-0.3, -0.25) is 4.79 Å². The highest BCUT2D eigenvalue weighted by molar-refractivity contribution is 5.77. The molecule has 5 heteroatoms. The minimum Gasteiger partial charge on any atom is -0.508 e. The Labute approximate surface area is 92.2 Å². The first-order valence-electron chi connectivity index (χ1n) is 4.95. The van der Waals surface area contributed by atoms with Gasteiger partial charge in [0.05, 0.1) is 5.92 Å². The molecule has 1 aromatic rings. The highest BCUT2D eigenvalue weighted by atomic mass is 16.6. The van der Waals surface area contributed by atoms with Crippen LogP contribution in [0.15, 0.2) is 12.1 Å². The number of phenols is 1. The van der Waals surface area contributed by atoms with E-state index < -0.39 is 11.9 Å². The summed E-state index contributed by atoms with van der Waals surface area (Å²) in [6.45, 7) is 2.32. The molecule has 0 aliphatic carbocycles. The summed E-state index contributed by atoms with van der Waals surface area (Å²) >= 11 is 0. The Kier molecular flexibility index (Phi) is 2.60. The van der Waals surface area contributed by atoms with E-state index in [1.807, 2.05) is 0 Å². The van der Waals surface area contributed by atoms with Gasteiger partial charge in [0.2, 0.25) is 0 Å². The quantitative estimate of drug-likeness (QED) is 0.793. The number of hydrogen-bond donors (Lipinski definition) is 2. The number of rotatable bonds is 2. The van der Waals surface area contributed by atoms with Gasteiger partial charge in [0.1, 0.15) is 19.0 Å². The number of hydrogen-bond acceptors (Lipinski definition) is 4. The fourth-order valence-electron chi connectivity index (χ4n) is 1.62. The van der Waals surface area contributed by atoms with Crippen LogP contribution in [-0.2, 0) is 4.79 Å². The topological polar surface area (TPSA) is 76.0 Å². The van der Waals surface area contributed by atoms with Gasteiger partial charge >= 0.3 is 5.97 Å². The Bertz CT molecular complexity index is 427. The molecule has 0 saturated carbocycles. The van der Waals surface area contributed by atoms with Gasteiger partial charge < -0.3 is 19.7 Å². The number of fused-ring (bicyclic) bond motifs is 1. The Morgan fingerprint density at radius 2 is 2.06 bits per heavy atom. The average Bonchev–Trinajstić information content (AvgIpc) is 2.26. The van der Waals surface area contributed by atoms with Crippen molar-refractivity contribution in [2.45, 2.75) is 12.8 Å². The molecule has 5 nitrogen and oxygen atoms in total. The first-order chi connectivity index (χ1) is 7.59. The van der Waals surface area contributed by atoms with E-state index in [4.69, 9.17) is 14.6 Å². The minimum absolute atomic E-state index is 0.0210. The molecule has 0 saturated heterocycles. The van der Waals surface area contributed by atoms with E-state index in [1.54, 1.807) is 0 Å². The number of ether oxygens (including phenoxy) is 2. The summed E-state index contributed by atoms with van der Waals surface area (Å²) in [5.41, 5.74) is 0.433. The fraction of sp³-hybridized carbons (Fsp3) is 0.364. The monoisotopic (exact) mass is 224 g/mol. The Morgan fingerprint density at radius 3 is 2.75 bits per heavy atom. The zero-order valence-electron chi connectivity index (χ0n) is 8.77. The molecule has 0 aromatic heterocycles. The molecule has 16 heavy (non-hydrogen) atoms. The van der Waals surface area contributed by atoms with Gasteiger partial charge in [-0.1, -0.05) is 0 Å². The first kappa shape index (κ1) is 10.6. The van der Waals surface area contributed by atoms with Crippen LogP contribution in [-0.4, -0.2) is 29.4 Å². The minimum atomic E-state index is -0.970. The van der Waals surface area contributed by atoms with Crippen molar-refractivity contribution in [2.75, 3.05) is 13.2 Å². The predicted octanol–water partition coefficient (Wildman–Crippen LogP) is 1.35. The SMILES string of the molecule is CC(C(=O)O)c1cc(O)cc2c1OCCO2. The van der Waals surface area contributed by atoms with E-state index in [1.165, 1.54) is 19.1 Å². The van der Waals surface area contributed by atoms with Crippen LogP contribution in [0.3, 0.4) is 0 Å². The normalized spacial score (nSPS) is 15.6. The molecule has 1 aliphatic rings. The van der Waals surface area contributed by atoms with Crippen molar-refractivity contribution in [2.24, 2.45) is 0 Å². The van der Waals surface area contributed by atoms with Crippen LogP contribution in [0.25, 0.3) is 0 Å². The number of benzene rings is 1. The smallest absolute Gasteiger partial charge is 0.310 e. The van der Waals surface area contributed by atoms with E-state index >= 15 is 0 Å². The maximum atomic E-state index is 10.9. The lowest BCUT2D eigenvalue weighted by molar-refractivity contribution is -0.138. The lowest BCUT2D eigenvalue weighted by Crippen LogP contribution is -2.18. The predicted molar refractivity (Wildman–Crippen MR) is 55.1 cm³/mol. The van der Waals surface area contributed by atoms with Crippen LogP contribution in [0.5, 0.6) is 17.2 Å². The molecule has 0 radical (unpaired) electrons. The van der Waals surface area contributed by atoms with Crippen molar-refractivity contribution in [3.05, 3.63) is 17.7 Å². The van der Waals surface area contributed by atoms with Crippen molar-refractivity contribution in [1.29, 1.82) is 0 Å². The standard InChI is InChI=1S/C11H12O5/c1-6(11(13)14)8-4-7(12)5-9-10(8)16-3-2-15-9/h4-6,12H,2-3H2,1H3,(H,13,14). The molecule has 0 fully saturated rings. The summed E-state index contributed by atoms with van der Waals surface area (Å²) < 4.78 is 10.7. The van der Waals surface area contributed by atoms with E-state index in [-0.39, 0.29) is 5.75 Å². The van der Waals surface area contributed by atoms with Gasteiger partial charge in [-0.25, -0.2) is 0 Å². The summed E-state index contributed by atoms with van der Waals surface area (Å²) in [5.74, 6) is -0.926. The molecular formula is C11H12O5. The number of carbonyl (C=O) groups is 1. The lowest BCUT2D eigenvalue weighted by Gasteiger charge is -2.22. The van der Waals surface area contributed by atoms with Crippen LogP contribution in [0.2, 0.25) is 0 Å². The van der Waals surface area contributed by atoms with Crippen LogP contribution < -0.4 is 9.47 Å². The first-order valence-corrected chi connectivity index (χ1v) is 4.95. The van der Waals surface area contributed by atoms with Crippen LogP contribution in [0, 0.1) is 0 Å². The van der Waals surface area contributed by atoms with Crippen molar-refractivity contribution >= 4 is 5.97 Å². The molecule has 0 spiro atoms. The molecule has 2 rings (SSSR count). The molecule has 0 amide bonds. The summed E-state index contributed by atoms with van der Waals surface area (Å²) in [6.07, 6.45) is 0. The largest absolute Gasteiger partial charge is 0.508 e. The summed E-state index contributed by atoms with van der Waals surface area (Å²) in [4.78, 5) is 10.9. The Balaban J connectivity index is 2.51. The molecule has 1 aliphatic heterocycles. The molecule has 1 aromatic carbocycles. The molecule has 1 unspecified atom stereocenters. The second-order valence-corrected chi connectivity index (χ2v) is 3.62. The zero-order chi connectivity index (χ0) is 11.7. The molecule has 86 valence electrons. The number of phenolic OH excluding ortho intramolecular Hbond substituents is 1. The number of aliphatic carboxylic acids is 1. The third-order valence-corrected chi connectivity index (χ3v) is 2.49. The highest BCUT2D eigenvalue weighted by Crippen LogP contribution is 2.40. The second kappa shape index (κ2) is 3.92. The van der Waals surface area contributed by atoms with Crippen molar-refractivity contribution in [1.82, 2.24) is 0 Å². The van der Waals surface area contributed by atoms with Gasteiger partial charge in [-0.05, 0) is 13.0 Å². The third kappa shape index (κ3) is 1.76. The summed E-state index contributed by atoms with van der Waals surface area (Å²) in [5, 5.41) is 18.4. The van der Waals surface area contributed by atoms with Crippen molar-refractivity contribution in [3.63, 3.8) is 0 Å². The molecule has 0 bridgehead atoms. The Morgan fingerprint density at radius 1 is 1.38 bits per heavy atom. The van der Waals surface area contributed by atoms with Crippen LogP contribution in [0.1, 0.15) is 18.4 Å². The summed E-state index contributed by atoms with van der Waals surface area (Å²) in [7, 11) is 0. The summed E-state index contributed by atoms with van der Waals surface area (Å²) in [6, 6.07) is 2.82. The number of aromatic hydroxyl groups is 1. The van der Waals surface area contributed by atoms with Gasteiger partial charge in [0, 0.05) is 11.6 Å².